The van der Waals surface area contributed by atoms with E-state index in [-0.39, 0.29) is 6.61 Å². The topological polar surface area (TPSA) is 86.7 Å². The molecule has 0 amide bonds. The molecule has 140 valence electrons. The number of hydrogen-bond acceptors (Lipinski definition) is 5. The minimum Gasteiger partial charge on any atom is -0.461 e. The Morgan fingerprint density at radius 3 is 2.73 bits per heavy atom. The van der Waals surface area contributed by atoms with E-state index in [1.54, 1.807) is 24.4 Å². The Bertz CT molecular complexity index is 717. The van der Waals surface area contributed by atoms with Crippen LogP contribution < -0.4 is 0 Å². The van der Waals surface area contributed by atoms with Crippen LogP contribution in [-0.4, -0.2) is 20.3 Å². The molecule has 0 fully saturated rings. The Morgan fingerprint density at radius 2 is 2.08 bits per heavy atom. The van der Waals surface area contributed by atoms with Crippen molar-refractivity contribution in [3.63, 3.8) is 0 Å². The Morgan fingerprint density at radius 1 is 1.23 bits per heavy atom. The molecule has 0 spiro atoms. The third-order valence-corrected chi connectivity index (χ3v) is 4.12. The summed E-state index contributed by atoms with van der Waals surface area (Å²) in [6.45, 7) is 1.94. The summed E-state index contributed by atoms with van der Waals surface area (Å²) in [6, 6.07) is 8.80. The molecule has 5 nitrogen and oxygen atoms in total. The molecule has 0 saturated heterocycles. The standard InChI is InChI=1S/C21H27NO4/c1-2-3-7-16(14-20(25)18-9-4-5-13-22-18)8-6-10-19(24)21-12-11-17(15-23)26-21/h4-6,9,11-13,19-20,23-25H,2-3,7,10,14-15H2,1H3/t8?,19-,20-/m0/s1. The first-order chi connectivity index (χ1) is 12.6. The van der Waals surface area contributed by atoms with Crippen LogP contribution in [0.4, 0.5) is 0 Å². The Balaban J connectivity index is 2.02. The SMILES string of the molecule is CCCCC(=C=CC[C@H](O)c1ccc(CO)o1)C[C@H](O)c1ccccn1. The molecule has 26 heavy (non-hydrogen) atoms. The third-order valence-electron chi connectivity index (χ3n) is 4.12. The largest absolute Gasteiger partial charge is 0.461 e. The number of aliphatic hydroxyl groups is 3. The van der Waals surface area contributed by atoms with Gasteiger partial charge in [-0.1, -0.05) is 19.4 Å². The van der Waals surface area contributed by atoms with E-state index in [1.165, 1.54) is 0 Å². The van der Waals surface area contributed by atoms with E-state index in [0.29, 0.717) is 30.1 Å². The molecule has 0 bridgehead atoms. The highest BCUT2D eigenvalue weighted by Crippen LogP contribution is 2.23. The summed E-state index contributed by atoms with van der Waals surface area (Å²) in [5.74, 6) is 0.858. The quantitative estimate of drug-likeness (QED) is 0.560. The Labute approximate surface area is 154 Å². The highest BCUT2D eigenvalue weighted by Gasteiger charge is 2.12. The zero-order valence-electron chi connectivity index (χ0n) is 15.1. The average Bonchev–Trinajstić information content (AvgIpc) is 3.16. The molecule has 3 N–H and O–H groups in total. The molecule has 0 aromatic carbocycles. The van der Waals surface area contributed by atoms with Gasteiger partial charge in [-0.05, 0) is 48.8 Å². The van der Waals surface area contributed by atoms with Gasteiger partial charge in [0.2, 0.25) is 0 Å². The molecule has 5 heteroatoms. The number of furan rings is 1. The molecule has 0 saturated carbocycles. The molecule has 0 unspecified atom stereocenters. The molecule has 2 heterocycles. The van der Waals surface area contributed by atoms with Crippen LogP contribution in [0.2, 0.25) is 0 Å². The van der Waals surface area contributed by atoms with Gasteiger partial charge in [0.15, 0.2) is 0 Å². The molecule has 2 aromatic heterocycles. The van der Waals surface area contributed by atoms with Gasteiger partial charge in [0.25, 0.3) is 0 Å². The first kappa shape index (κ1) is 20.1. The van der Waals surface area contributed by atoms with Crippen molar-refractivity contribution in [1.82, 2.24) is 4.98 Å². The van der Waals surface area contributed by atoms with Crippen molar-refractivity contribution in [3.8, 4) is 0 Å². The van der Waals surface area contributed by atoms with Crippen LogP contribution >= 0.6 is 0 Å². The number of nitrogens with zero attached hydrogens (tertiary/aromatic N) is 1. The maximum atomic E-state index is 10.4. The lowest BCUT2D eigenvalue weighted by Gasteiger charge is -2.11. The van der Waals surface area contributed by atoms with E-state index in [0.717, 1.165) is 24.8 Å². The average molecular weight is 357 g/mol. The van der Waals surface area contributed by atoms with Gasteiger partial charge < -0.3 is 19.7 Å². The van der Waals surface area contributed by atoms with Crippen molar-refractivity contribution in [2.45, 2.75) is 57.8 Å². The van der Waals surface area contributed by atoms with Crippen LogP contribution in [0.15, 0.2) is 58.3 Å². The lowest BCUT2D eigenvalue weighted by Crippen LogP contribution is -2.01. The predicted octanol–water partition coefficient (Wildman–Crippen LogP) is 3.99. The summed E-state index contributed by atoms with van der Waals surface area (Å²) in [5, 5.41) is 29.6. The van der Waals surface area contributed by atoms with E-state index in [9.17, 15) is 10.2 Å². The molecule has 0 aliphatic carbocycles. The van der Waals surface area contributed by atoms with E-state index in [4.69, 9.17) is 9.52 Å². The molecule has 2 rings (SSSR count). The van der Waals surface area contributed by atoms with Gasteiger partial charge in [-0.3, -0.25) is 4.98 Å². The molecule has 2 atom stereocenters. The second-order valence-electron chi connectivity index (χ2n) is 6.24. The smallest absolute Gasteiger partial charge is 0.133 e. The number of unbranched alkanes of at least 4 members (excludes halogenated alkanes) is 1. The lowest BCUT2D eigenvalue weighted by atomic mass is 10.0. The highest BCUT2D eigenvalue weighted by atomic mass is 16.4. The second kappa shape index (κ2) is 10.7. The van der Waals surface area contributed by atoms with Crippen LogP contribution in [0.1, 0.15) is 68.5 Å². The summed E-state index contributed by atoms with van der Waals surface area (Å²) >= 11 is 0. The zero-order chi connectivity index (χ0) is 18.8. The van der Waals surface area contributed by atoms with Crippen molar-refractivity contribution >= 4 is 0 Å². The Kier molecular flexibility index (Phi) is 8.32. The van der Waals surface area contributed by atoms with Gasteiger partial charge in [0, 0.05) is 19.0 Å². The first-order valence-electron chi connectivity index (χ1n) is 9.03. The maximum Gasteiger partial charge on any atom is 0.133 e. The van der Waals surface area contributed by atoms with Crippen molar-refractivity contribution in [3.05, 3.63) is 71.1 Å². The van der Waals surface area contributed by atoms with Gasteiger partial charge in [0.1, 0.15) is 30.3 Å². The summed E-state index contributed by atoms with van der Waals surface area (Å²) in [4.78, 5) is 4.20. The summed E-state index contributed by atoms with van der Waals surface area (Å²) in [5.41, 5.74) is 4.89. The van der Waals surface area contributed by atoms with Gasteiger partial charge >= 0.3 is 0 Å². The molecular formula is C21H27NO4. The molecule has 2 aromatic rings. The van der Waals surface area contributed by atoms with Crippen molar-refractivity contribution in [1.29, 1.82) is 0 Å². The van der Waals surface area contributed by atoms with Crippen molar-refractivity contribution in [2.75, 3.05) is 0 Å². The second-order valence-corrected chi connectivity index (χ2v) is 6.24. The summed E-state index contributed by atoms with van der Waals surface area (Å²) < 4.78 is 5.34. The van der Waals surface area contributed by atoms with Crippen LogP contribution in [-0.2, 0) is 6.61 Å². The minimum absolute atomic E-state index is 0.185. The van der Waals surface area contributed by atoms with Crippen LogP contribution in [0.25, 0.3) is 0 Å². The lowest BCUT2D eigenvalue weighted by molar-refractivity contribution is 0.145. The number of hydrogen-bond donors (Lipinski definition) is 3. The van der Waals surface area contributed by atoms with E-state index in [2.05, 4.69) is 17.6 Å². The number of pyridine rings is 1. The molecule has 0 aliphatic heterocycles. The number of aliphatic hydroxyl groups excluding tert-OH is 3. The summed E-state index contributed by atoms with van der Waals surface area (Å²) in [7, 11) is 0. The van der Waals surface area contributed by atoms with Gasteiger partial charge in [-0.2, -0.15) is 0 Å². The number of aromatic nitrogens is 1. The molecular weight excluding hydrogens is 330 g/mol. The molecule has 0 radical (unpaired) electrons. The van der Waals surface area contributed by atoms with Crippen molar-refractivity contribution in [2.24, 2.45) is 0 Å². The van der Waals surface area contributed by atoms with Gasteiger partial charge in [-0.15, -0.1) is 5.73 Å². The molecule has 0 aliphatic rings. The fourth-order valence-electron chi connectivity index (χ4n) is 2.62. The zero-order valence-corrected chi connectivity index (χ0v) is 15.1. The van der Waals surface area contributed by atoms with E-state index in [1.807, 2.05) is 18.2 Å². The fraction of sp³-hybridized carbons (Fsp3) is 0.429. The van der Waals surface area contributed by atoms with Crippen molar-refractivity contribution < 1.29 is 19.7 Å². The van der Waals surface area contributed by atoms with E-state index >= 15 is 0 Å². The first-order valence-corrected chi connectivity index (χ1v) is 9.03. The predicted molar refractivity (Wildman–Crippen MR) is 99.1 cm³/mol. The van der Waals surface area contributed by atoms with E-state index < -0.39 is 12.2 Å². The number of rotatable bonds is 10. The van der Waals surface area contributed by atoms with Crippen LogP contribution in [0.3, 0.4) is 0 Å². The minimum atomic E-state index is -0.782. The van der Waals surface area contributed by atoms with Gasteiger partial charge in [-0.25, -0.2) is 0 Å². The third kappa shape index (κ3) is 6.28. The monoisotopic (exact) mass is 357 g/mol. The fourth-order valence-corrected chi connectivity index (χ4v) is 2.62. The Hall–Kier alpha value is -2.17. The van der Waals surface area contributed by atoms with Crippen LogP contribution in [0, 0.1) is 0 Å². The maximum absolute atomic E-state index is 10.4. The normalized spacial score (nSPS) is 13.1. The summed E-state index contributed by atoms with van der Waals surface area (Å²) in [6.07, 6.45) is 5.76. The highest BCUT2D eigenvalue weighted by molar-refractivity contribution is 5.13. The van der Waals surface area contributed by atoms with Gasteiger partial charge in [0.05, 0.1) is 5.69 Å². The van der Waals surface area contributed by atoms with Crippen LogP contribution in [0.5, 0.6) is 0 Å².